The summed E-state index contributed by atoms with van der Waals surface area (Å²) in [4.78, 5) is 12.0. The lowest BCUT2D eigenvalue weighted by Crippen LogP contribution is -2.24. The fourth-order valence-electron chi connectivity index (χ4n) is 1.03. The summed E-state index contributed by atoms with van der Waals surface area (Å²) in [5.74, 6) is -0.226. The normalized spacial score (nSPS) is 9.81. The number of halogens is 1. The lowest BCUT2D eigenvalue weighted by Gasteiger charge is -2.05. The smallest absolute Gasteiger partial charge is 0.230 e. The average Bonchev–Trinajstić information content (AvgIpc) is 2.25. The SMILES string of the molecule is C=CCNC(=O)CSc1ccc(F)cc1N. The van der Waals surface area contributed by atoms with Crippen LogP contribution in [0.5, 0.6) is 0 Å². The van der Waals surface area contributed by atoms with Gasteiger partial charge in [-0.3, -0.25) is 4.79 Å². The van der Waals surface area contributed by atoms with E-state index >= 15 is 0 Å². The lowest BCUT2D eigenvalue weighted by molar-refractivity contribution is -0.118. The summed E-state index contributed by atoms with van der Waals surface area (Å²) in [5, 5.41) is 2.64. The van der Waals surface area contributed by atoms with Crippen molar-refractivity contribution < 1.29 is 9.18 Å². The van der Waals surface area contributed by atoms with Crippen molar-refractivity contribution in [3.63, 3.8) is 0 Å². The Balaban J connectivity index is 2.48. The Hall–Kier alpha value is -1.49. The summed E-state index contributed by atoms with van der Waals surface area (Å²) in [5.41, 5.74) is 5.95. The minimum Gasteiger partial charge on any atom is -0.398 e. The third-order valence-electron chi connectivity index (χ3n) is 1.77. The van der Waals surface area contributed by atoms with Crippen LogP contribution in [-0.4, -0.2) is 18.2 Å². The van der Waals surface area contributed by atoms with E-state index in [0.717, 1.165) is 0 Å². The molecule has 3 N–H and O–H groups in total. The van der Waals surface area contributed by atoms with Gasteiger partial charge in [0.25, 0.3) is 0 Å². The molecular weight excluding hydrogens is 227 g/mol. The molecular formula is C11H13FN2OS. The molecule has 0 radical (unpaired) electrons. The van der Waals surface area contributed by atoms with Crippen LogP contribution >= 0.6 is 11.8 Å². The van der Waals surface area contributed by atoms with E-state index in [1.165, 1.54) is 23.9 Å². The molecule has 0 aromatic heterocycles. The van der Waals surface area contributed by atoms with E-state index in [1.807, 2.05) is 0 Å². The molecule has 0 aliphatic heterocycles. The van der Waals surface area contributed by atoms with Crippen molar-refractivity contribution in [3.05, 3.63) is 36.7 Å². The Kier molecular flexibility index (Phi) is 4.85. The van der Waals surface area contributed by atoms with E-state index in [4.69, 9.17) is 5.73 Å². The number of carbonyl (C=O) groups is 1. The third-order valence-corrected chi connectivity index (χ3v) is 2.86. The predicted octanol–water partition coefficient (Wildman–Crippen LogP) is 1.80. The number of nitrogens with two attached hydrogens (primary N) is 1. The number of nitrogen functional groups attached to an aromatic ring is 1. The van der Waals surface area contributed by atoms with Crippen LogP contribution in [0.2, 0.25) is 0 Å². The van der Waals surface area contributed by atoms with E-state index in [2.05, 4.69) is 11.9 Å². The Morgan fingerprint density at radius 3 is 3.00 bits per heavy atom. The molecule has 0 atom stereocenters. The van der Waals surface area contributed by atoms with Gasteiger partial charge in [-0.15, -0.1) is 18.3 Å². The van der Waals surface area contributed by atoms with Crippen LogP contribution in [0.25, 0.3) is 0 Å². The predicted molar refractivity (Wildman–Crippen MR) is 64.7 cm³/mol. The first-order valence-electron chi connectivity index (χ1n) is 4.69. The molecule has 1 amide bonds. The minimum atomic E-state index is -0.377. The Labute approximate surface area is 97.9 Å². The fraction of sp³-hybridized carbons (Fsp3) is 0.182. The van der Waals surface area contributed by atoms with Crippen molar-refractivity contribution in [2.45, 2.75) is 4.90 Å². The summed E-state index contributed by atoms with van der Waals surface area (Å²) in [6.07, 6.45) is 1.61. The van der Waals surface area contributed by atoms with Crippen molar-refractivity contribution in [2.24, 2.45) is 0 Å². The van der Waals surface area contributed by atoms with E-state index in [9.17, 15) is 9.18 Å². The van der Waals surface area contributed by atoms with Gasteiger partial charge in [-0.05, 0) is 18.2 Å². The molecule has 1 aromatic carbocycles. The second kappa shape index (κ2) is 6.17. The quantitative estimate of drug-likeness (QED) is 0.469. The van der Waals surface area contributed by atoms with Gasteiger partial charge in [0.15, 0.2) is 0 Å². The second-order valence-electron chi connectivity index (χ2n) is 3.06. The number of hydrogen-bond donors (Lipinski definition) is 2. The van der Waals surface area contributed by atoms with E-state index in [1.54, 1.807) is 12.1 Å². The van der Waals surface area contributed by atoms with Gasteiger partial charge in [-0.2, -0.15) is 0 Å². The number of hydrogen-bond acceptors (Lipinski definition) is 3. The average molecular weight is 240 g/mol. The van der Waals surface area contributed by atoms with Crippen LogP contribution in [-0.2, 0) is 4.79 Å². The molecule has 0 aliphatic carbocycles. The van der Waals surface area contributed by atoms with Crippen LogP contribution in [0.15, 0.2) is 35.7 Å². The summed E-state index contributed by atoms with van der Waals surface area (Å²) >= 11 is 1.28. The first kappa shape index (κ1) is 12.6. The van der Waals surface area contributed by atoms with Crippen molar-refractivity contribution in [3.8, 4) is 0 Å². The molecule has 0 spiro atoms. The lowest BCUT2D eigenvalue weighted by atomic mass is 10.3. The van der Waals surface area contributed by atoms with Crippen LogP contribution < -0.4 is 11.1 Å². The molecule has 1 rings (SSSR count). The van der Waals surface area contributed by atoms with Gasteiger partial charge in [0.1, 0.15) is 5.82 Å². The number of carbonyl (C=O) groups excluding carboxylic acids is 1. The molecule has 86 valence electrons. The molecule has 5 heteroatoms. The van der Waals surface area contributed by atoms with E-state index < -0.39 is 0 Å². The van der Waals surface area contributed by atoms with Gasteiger partial charge >= 0.3 is 0 Å². The van der Waals surface area contributed by atoms with Gasteiger partial charge in [0, 0.05) is 17.1 Å². The summed E-state index contributed by atoms with van der Waals surface area (Å²) in [6, 6.07) is 4.13. The monoisotopic (exact) mass is 240 g/mol. The van der Waals surface area contributed by atoms with Crippen LogP contribution in [0.3, 0.4) is 0 Å². The first-order valence-corrected chi connectivity index (χ1v) is 5.67. The van der Waals surface area contributed by atoms with Gasteiger partial charge < -0.3 is 11.1 Å². The standard InChI is InChI=1S/C11H13FN2OS/c1-2-5-14-11(15)7-16-10-4-3-8(12)6-9(10)13/h2-4,6H,1,5,7,13H2,(H,14,15). The molecule has 0 bridgehead atoms. The maximum atomic E-state index is 12.7. The number of thioether (sulfide) groups is 1. The topological polar surface area (TPSA) is 55.1 Å². The zero-order chi connectivity index (χ0) is 12.0. The van der Waals surface area contributed by atoms with E-state index in [-0.39, 0.29) is 17.5 Å². The largest absolute Gasteiger partial charge is 0.398 e. The Bertz CT molecular complexity index is 396. The third kappa shape index (κ3) is 3.94. The number of amides is 1. The number of benzene rings is 1. The van der Waals surface area contributed by atoms with Crippen LogP contribution in [0.4, 0.5) is 10.1 Å². The number of rotatable bonds is 5. The highest BCUT2D eigenvalue weighted by molar-refractivity contribution is 8.00. The molecule has 0 heterocycles. The molecule has 0 aliphatic rings. The maximum absolute atomic E-state index is 12.7. The highest BCUT2D eigenvalue weighted by atomic mass is 32.2. The highest BCUT2D eigenvalue weighted by Crippen LogP contribution is 2.25. The van der Waals surface area contributed by atoms with Gasteiger partial charge in [0.05, 0.1) is 5.75 Å². The molecule has 16 heavy (non-hydrogen) atoms. The molecule has 3 nitrogen and oxygen atoms in total. The van der Waals surface area contributed by atoms with Gasteiger partial charge in [-0.25, -0.2) is 4.39 Å². The molecule has 0 saturated carbocycles. The molecule has 1 aromatic rings. The molecule has 0 fully saturated rings. The number of anilines is 1. The first-order chi connectivity index (χ1) is 7.63. The number of nitrogens with one attached hydrogen (secondary N) is 1. The molecule has 0 saturated heterocycles. The van der Waals surface area contributed by atoms with E-state index in [0.29, 0.717) is 17.1 Å². The zero-order valence-corrected chi connectivity index (χ0v) is 9.52. The maximum Gasteiger partial charge on any atom is 0.230 e. The van der Waals surface area contributed by atoms with Gasteiger partial charge in [-0.1, -0.05) is 6.08 Å². The molecule has 0 unspecified atom stereocenters. The van der Waals surface area contributed by atoms with Crippen LogP contribution in [0.1, 0.15) is 0 Å². The minimum absolute atomic E-state index is 0.103. The summed E-state index contributed by atoms with van der Waals surface area (Å²) in [7, 11) is 0. The van der Waals surface area contributed by atoms with Crippen LogP contribution in [0, 0.1) is 5.82 Å². The van der Waals surface area contributed by atoms with Crippen molar-refractivity contribution in [1.82, 2.24) is 5.32 Å². The Morgan fingerprint density at radius 1 is 1.62 bits per heavy atom. The van der Waals surface area contributed by atoms with Gasteiger partial charge in [0.2, 0.25) is 5.91 Å². The summed E-state index contributed by atoms with van der Waals surface area (Å²) < 4.78 is 12.7. The van der Waals surface area contributed by atoms with Crippen molar-refractivity contribution >= 4 is 23.4 Å². The van der Waals surface area contributed by atoms with Crippen molar-refractivity contribution in [2.75, 3.05) is 18.0 Å². The summed E-state index contributed by atoms with van der Waals surface area (Å²) in [6.45, 7) is 3.93. The zero-order valence-electron chi connectivity index (χ0n) is 8.70. The fourth-order valence-corrected chi connectivity index (χ4v) is 1.81. The Morgan fingerprint density at radius 2 is 2.38 bits per heavy atom. The second-order valence-corrected chi connectivity index (χ2v) is 4.08. The highest BCUT2D eigenvalue weighted by Gasteiger charge is 2.05. The van der Waals surface area contributed by atoms with Crippen molar-refractivity contribution in [1.29, 1.82) is 0 Å².